The molecule has 5 heteroatoms. The van der Waals surface area contributed by atoms with Gasteiger partial charge in [0.1, 0.15) is 17.3 Å². The molecule has 0 unspecified atom stereocenters. The number of nitrogens with one attached hydrogen (secondary N) is 1. The van der Waals surface area contributed by atoms with Crippen molar-refractivity contribution in [1.82, 2.24) is 0 Å². The molecule has 2 rings (SSSR count). The fourth-order valence-corrected chi connectivity index (χ4v) is 2.26. The molecule has 4 nitrogen and oxygen atoms in total. The molecule has 0 saturated carbocycles. The first kappa shape index (κ1) is 16.8. The topological polar surface area (TPSA) is 47.6 Å². The van der Waals surface area contributed by atoms with E-state index in [-0.39, 0.29) is 11.7 Å². The monoisotopic (exact) mass is 317 g/mol. The summed E-state index contributed by atoms with van der Waals surface area (Å²) in [6.45, 7) is 0. The van der Waals surface area contributed by atoms with Gasteiger partial charge in [0.15, 0.2) is 0 Å². The first-order valence-electron chi connectivity index (χ1n) is 7.39. The predicted molar refractivity (Wildman–Crippen MR) is 87.5 cm³/mol. The summed E-state index contributed by atoms with van der Waals surface area (Å²) in [5.41, 5.74) is 1.18. The summed E-state index contributed by atoms with van der Waals surface area (Å²) in [7, 11) is 3.09. The second-order valence-electron chi connectivity index (χ2n) is 5.06. The van der Waals surface area contributed by atoms with E-state index in [0.717, 1.165) is 0 Å². The first-order chi connectivity index (χ1) is 11.1. The Morgan fingerprint density at radius 2 is 1.91 bits per heavy atom. The van der Waals surface area contributed by atoms with Gasteiger partial charge in [-0.2, -0.15) is 0 Å². The highest BCUT2D eigenvalue weighted by atomic mass is 19.1. The van der Waals surface area contributed by atoms with E-state index in [4.69, 9.17) is 9.47 Å². The van der Waals surface area contributed by atoms with Crippen LogP contribution in [0.5, 0.6) is 11.5 Å². The van der Waals surface area contributed by atoms with Gasteiger partial charge in [-0.15, -0.1) is 0 Å². The lowest BCUT2D eigenvalue weighted by Gasteiger charge is -2.11. The van der Waals surface area contributed by atoms with Crippen molar-refractivity contribution in [2.45, 2.75) is 19.3 Å². The molecule has 0 radical (unpaired) electrons. The lowest BCUT2D eigenvalue weighted by molar-refractivity contribution is -0.116. The number of aryl methyl sites for hydroxylation is 1. The van der Waals surface area contributed by atoms with Crippen molar-refractivity contribution in [3.8, 4) is 11.5 Å². The Labute approximate surface area is 135 Å². The number of amides is 1. The third kappa shape index (κ3) is 4.71. The first-order valence-corrected chi connectivity index (χ1v) is 7.39. The number of halogens is 1. The molecule has 0 aliphatic rings. The molecule has 1 amide bonds. The van der Waals surface area contributed by atoms with Gasteiger partial charge in [-0.25, -0.2) is 4.39 Å². The molecule has 0 aliphatic carbocycles. The summed E-state index contributed by atoms with van der Waals surface area (Å²) < 4.78 is 23.9. The summed E-state index contributed by atoms with van der Waals surface area (Å²) in [6.07, 6.45) is 1.39. The predicted octanol–water partition coefficient (Wildman–Crippen LogP) is 3.80. The van der Waals surface area contributed by atoms with E-state index in [1.54, 1.807) is 43.5 Å². The smallest absolute Gasteiger partial charge is 0.224 e. The molecule has 1 N–H and O–H groups in total. The van der Waals surface area contributed by atoms with Gasteiger partial charge in [0.05, 0.1) is 19.9 Å². The Balaban J connectivity index is 1.91. The van der Waals surface area contributed by atoms with Crippen molar-refractivity contribution in [2.75, 3.05) is 19.5 Å². The van der Waals surface area contributed by atoms with Gasteiger partial charge in [-0.1, -0.05) is 18.2 Å². The van der Waals surface area contributed by atoms with E-state index < -0.39 is 0 Å². The van der Waals surface area contributed by atoms with Crippen molar-refractivity contribution in [3.05, 3.63) is 53.8 Å². The summed E-state index contributed by atoms with van der Waals surface area (Å²) >= 11 is 0. The molecular formula is C18H20FNO3. The van der Waals surface area contributed by atoms with Gasteiger partial charge in [-0.05, 0) is 36.6 Å². The molecule has 122 valence electrons. The average Bonchev–Trinajstić information content (AvgIpc) is 2.56. The van der Waals surface area contributed by atoms with E-state index in [1.165, 1.54) is 13.2 Å². The molecule has 23 heavy (non-hydrogen) atoms. The van der Waals surface area contributed by atoms with Crippen molar-refractivity contribution in [2.24, 2.45) is 0 Å². The van der Waals surface area contributed by atoms with Gasteiger partial charge in [0.25, 0.3) is 0 Å². The van der Waals surface area contributed by atoms with Crippen molar-refractivity contribution in [1.29, 1.82) is 0 Å². The minimum atomic E-state index is -0.234. The number of benzene rings is 2. The second kappa shape index (κ2) is 8.17. The van der Waals surface area contributed by atoms with Gasteiger partial charge in [0, 0.05) is 12.5 Å². The Hall–Kier alpha value is -2.56. The normalized spacial score (nSPS) is 10.2. The van der Waals surface area contributed by atoms with Crippen LogP contribution in [0.25, 0.3) is 0 Å². The maximum Gasteiger partial charge on any atom is 0.224 e. The maximum atomic E-state index is 13.5. The standard InChI is InChI=1S/C18H20FNO3/c1-22-14-10-11-17(23-2)16(12-14)20-18(21)9-5-7-13-6-3-4-8-15(13)19/h3-4,6,8,10-12H,5,7,9H2,1-2H3,(H,20,21). The van der Waals surface area contributed by atoms with Crippen molar-refractivity contribution < 1.29 is 18.7 Å². The third-order valence-corrected chi connectivity index (χ3v) is 3.49. The van der Waals surface area contributed by atoms with Crippen LogP contribution < -0.4 is 14.8 Å². The zero-order chi connectivity index (χ0) is 16.7. The zero-order valence-electron chi connectivity index (χ0n) is 13.3. The zero-order valence-corrected chi connectivity index (χ0v) is 13.3. The second-order valence-corrected chi connectivity index (χ2v) is 5.06. The van der Waals surface area contributed by atoms with Crippen LogP contribution in [0.15, 0.2) is 42.5 Å². The van der Waals surface area contributed by atoms with Crippen LogP contribution in [0.4, 0.5) is 10.1 Å². The minimum Gasteiger partial charge on any atom is -0.497 e. The Morgan fingerprint density at radius 3 is 2.61 bits per heavy atom. The Bertz CT molecular complexity index is 673. The molecule has 0 atom stereocenters. The van der Waals surface area contributed by atoms with Gasteiger partial charge >= 0.3 is 0 Å². The SMILES string of the molecule is COc1ccc(OC)c(NC(=O)CCCc2ccccc2F)c1. The highest BCUT2D eigenvalue weighted by Gasteiger charge is 2.09. The number of carbonyl (C=O) groups excluding carboxylic acids is 1. The van der Waals surface area contributed by atoms with Gasteiger partial charge in [-0.3, -0.25) is 4.79 Å². The van der Waals surface area contributed by atoms with Gasteiger partial charge < -0.3 is 14.8 Å². The number of carbonyl (C=O) groups is 1. The van der Waals surface area contributed by atoms with E-state index in [9.17, 15) is 9.18 Å². The molecule has 0 bridgehead atoms. The summed E-state index contributed by atoms with van der Waals surface area (Å²) in [4.78, 5) is 12.1. The van der Waals surface area contributed by atoms with Crippen LogP contribution in [-0.4, -0.2) is 20.1 Å². The highest BCUT2D eigenvalue weighted by molar-refractivity contribution is 5.92. The summed E-state index contributed by atoms with van der Waals surface area (Å²) in [5, 5.41) is 2.80. The number of hydrogen-bond acceptors (Lipinski definition) is 3. The third-order valence-electron chi connectivity index (χ3n) is 3.49. The van der Waals surface area contributed by atoms with E-state index in [0.29, 0.717) is 42.0 Å². The van der Waals surface area contributed by atoms with E-state index >= 15 is 0 Å². The van der Waals surface area contributed by atoms with Crippen LogP contribution >= 0.6 is 0 Å². The van der Waals surface area contributed by atoms with Crippen LogP contribution in [0.3, 0.4) is 0 Å². The molecule has 0 fully saturated rings. The van der Waals surface area contributed by atoms with Crippen molar-refractivity contribution in [3.63, 3.8) is 0 Å². The fourth-order valence-electron chi connectivity index (χ4n) is 2.26. The Morgan fingerprint density at radius 1 is 1.13 bits per heavy atom. The summed E-state index contributed by atoms with van der Waals surface area (Å²) in [6, 6.07) is 11.8. The fraction of sp³-hybridized carbons (Fsp3) is 0.278. The lowest BCUT2D eigenvalue weighted by atomic mass is 10.1. The van der Waals surface area contributed by atoms with E-state index in [1.807, 2.05) is 0 Å². The van der Waals surface area contributed by atoms with Crippen LogP contribution in [0.2, 0.25) is 0 Å². The average molecular weight is 317 g/mol. The number of ether oxygens (including phenoxy) is 2. The highest BCUT2D eigenvalue weighted by Crippen LogP contribution is 2.29. The van der Waals surface area contributed by atoms with Gasteiger partial charge in [0.2, 0.25) is 5.91 Å². The largest absolute Gasteiger partial charge is 0.497 e. The van der Waals surface area contributed by atoms with Crippen LogP contribution in [-0.2, 0) is 11.2 Å². The van der Waals surface area contributed by atoms with Crippen LogP contribution in [0, 0.1) is 5.82 Å². The quantitative estimate of drug-likeness (QED) is 0.845. The number of methoxy groups -OCH3 is 2. The number of hydrogen-bond donors (Lipinski definition) is 1. The molecule has 0 heterocycles. The van der Waals surface area contributed by atoms with E-state index in [2.05, 4.69) is 5.32 Å². The molecule has 0 spiro atoms. The molecular weight excluding hydrogens is 297 g/mol. The lowest BCUT2D eigenvalue weighted by Crippen LogP contribution is -2.12. The molecule has 0 saturated heterocycles. The number of anilines is 1. The summed E-state index contributed by atoms with van der Waals surface area (Å²) in [5.74, 6) is 0.816. The molecule has 2 aromatic carbocycles. The number of rotatable bonds is 7. The maximum absolute atomic E-state index is 13.5. The van der Waals surface area contributed by atoms with Crippen LogP contribution in [0.1, 0.15) is 18.4 Å². The van der Waals surface area contributed by atoms with Crippen molar-refractivity contribution >= 4 is 11.6 Å². The minimum absolute atomic E-state index is 0.145. The Kier molecular flexibility index (Phi) is 5.97. The molecule has 0 aromatic heterocycles. The molecule has 0 aliphatic heterocycles. The molecule has 2 aromatic rings.